The first kappa shape index (κ1) is 19.9. The maximum absolute atomic E-state index is 12.6. The molecule has 8 heteroatoms. The van der Waals surface area contributed by atoms with Crippen LogP contribution in [0.1, 0.15) is 31.7 Å². The fraction of sp³-hybridized carbons (Fsp3) is 0.632. The minimum Gasteiger partial charge on any atom is -0.406 e. The summed E-state index contributed by atoms with van der Waals surface area (Å²) in [6.45, 7) is 5.63. The maximum atomic E-state index is 12.6. The molecule has 0 unspecified atom stereocenters. The maximum Gasteiger partial charge on any atom is 0.573 e. The van der Waals surface area contributed by atoms with Crippen LogP contribution in [0.5, 0.6) is 5.75 Å². The van der Waals surface area contributed by atoms with Crippen LogP contribution in [0.3, 0.4) is 0 Å². The lowest BCUT2D eigenvalue weighted by atomic mass is 9.87. The highest BCUT2D eigenvalue weighted by Crippen LogP contribution is 2.33. The van der Waals surface area contributed by atoms with E-state index in [2.05, 4.69) is 9.64 Å². The summed E-state index contributed by atoms with van der Waals surface area (Å²) in [5.74, 6) is -0.0853. The monoisotopic (exact) mass is 386 g/mol. The molecule has 3 rings (SSSR count). The van der Waals surface area contributed by atoms with Crippen molar-refractivity contribution in [1.29, 1.82) is 0 Å². The lowest BCUT2D eigenvalue weighted by molar-refractivity contribution is -0.274. The van der Waals surface area contributed by atoms with Crippen molar-refractivity contribution in [2.75, 3.05) is 32.8 Å². The predicted octanol–water partition coefficient (Wildman–Crippen LogP) is 3.19. The minimum absolute atomic E-state index is 0.135. The first-order valence-corrected chi connectivity index (χ1v) is 9.27. The molecule has 1 aromatic carbocycles. The van der Waals surface area contributed by atoms with Gasteiger partial charge < -0.3 is 14.4 Å². The van der Waals surface area contributed by atoms with Gasteiger partial charge in [-0.25, -0.2) is 0 Å². The highest BCUT2D eigenvalue weighted by atomic mass is 19.4. The fourth-order valence-corrected chi connectivity index (χ4v) is 4.16. The third-order valence-electron chi connectivity index (χ3n) is 5.31. The Kier molecular flexibility index (Phi) is 5.95. The van der Waals surface area contributed by atoms with Crippen LogP contribution in [0.2, 0.25) is 0 Å². The van der Waals surface area contributed by atoms with E-state index in [4.69, 9.17) is 4.74 Å². The van der Waals surface area contributed by atoms with E-state index >= 15 is 0 Å². The Morgan fingerprint density at radius 1 is 1.26 bits per heavy atom. The normalized spacial score (nSPS) is 21.3. The van der Waals surface area contributed by atoms with E-state index in [1.54, 1.807) is 12.1 Å². The molecule has 2 saturated heterocycles. The summed E-state index contributed by atoms with van der Waals surface area (Å²) in [5, 5.41) is 0. The summed E-state index contributed by atoms with van der Waals surface area (Å²) >= 11 is 0. The van der Waals surface area contributed by atoms with Gasteiger partial charge in [0.05, 0.1) is 5.54 Å². The van der Waals surface area contributed by atoms with Gasteiger partial charge in [0.15, 0.2) is 0 Å². The molecule has 1 spiro atoms. The number of rotatable bonds is 4. The van der Waals surface area contributed by atoms with Crippen molar-refractivity contribution in [3.05, 3.63) is 29.8 Å². The zero-order chi connectivity index (χ0) is 19.5. The topological polar surface area (TPSA) is 42.0 Å². The van der Waals surface area contributed by atoms with Crippen molar-refractivity contribution in [2.45, 2.75) is 44.6 Å². The van der Waals surface area contributed by atoms with Crippen LogP contribution in [-0.4, -0.2) is 60.5 Å². The van der Waals surface area contributed by atoms with Crippen LogP contribution in [0, 0.1) is 0 Å². The molecule has 0 aliphatic carbocycles. The molecule has 5 nitrogen and oxygen atoms in total. The molecule has 0 N–H and O–H groups in total. The van der Waals surface area contributed by atoms with Crippen LogP contribution in [0.15, 0.2) is 24.3 Å². The van der Waals surface area contributed by atoms with Crippen molar-refractivity contribution in [3.8, 4) is 5.75 Å². The lowest BCUT2D eigenvalue weighted by Gasteiger charge is -2.46. The van der Waals surface area contributed by atoms with E-state index in [1.807, 2.05) is 11.8 Å². The van der Waals surface area contributed by atoms with Crippen LogP contribution in [0.25, 0.3) is 0 Å². The molecule has 1 amide bonds. The largest absolute Gasteiger partial charge is 0.573 e. The Bertz CT molecular complexity index is 660. The first-order valence-electron chi connectivity index (χ1n) is 9.27. The molecule has 2 aliphatic rings. The lowest BCUT2D eigenvalue weighted by Crippen LogP contribution is -2.58. The average molecular weight is 386 g/mol. The molecule has 1 aromatic rings. The van der Waals surface area contributed by atoms with Crippen molar-refractivity contribution in [2.24, 2.45) is 0 Å². The van der Waals surface area contributed by atoms with Gasteiger partial charge >= 0.3 is 6.36 Å². The van der Waals surface area contributed by atoms with Gasteiger partial charge in [-0.1, -0.05) is 12.1 Å². The van der Waals surface area contributed by atoms with Crippen molar-refractivity contribution < 1.29 is 27.4 Å². The number of likely N-dealkylation sites (N-methyl/N-ethyl adjacent to an activating group) is 1. The Balaban J connectivity index is 1.77. The van der Waals surface area contributed by atoms with Crippen LogP contribution >= 0.6 is 0 Å². The highest BCUT2D eigenvalue weighted by Gasteiger charge is 2.43. The zero-order valence-electron chi connectivity index (χ0n) is 15.4. The number of hydrogen-bond donors (Lipinski definition) is 0. The number of amides is 1. The van der Waals surface area contributed by atoms with Crippen molar-refractivity contribution in [3.63, 3.8) is 0 Å². The number of ether oxygens (including phenoxy) is 2. The Morgan fingerprint density at radius 2 is 2.00 bits per heavy atom. The zero-order valence-corrected chi connectivity index (χ0v) is 15.4. The third-order valence-corrected chi connectivity index (χ3v) is 5.31. The van der Waals surface area contributed by atoms with Gasteiger partial charge in [-0.3, -0.25) is 9.69 Å². The summed E-state index contributed by atoms with van der Waals surface area (Å²) in [4.78, 5) is 16.8. The van der Waals surface area contributed by atoms with E-state index in [0.717, 1.165) is 18.4 Å². The van der Waals surface area contributed by atoms with Gasteiger partial charge in [-0.2, -0.15) is 0 Å². The van der Waals surface area contributed by atoms with Gasteiger partial charge in [0, 0.05) is 45.8 Å². The second-order valence-electron chi connectivity index (χ2n) is 7.13. The molecule has 150 valence electrons. The van der Waals surface area contributed by atoms with Crippen LogP contribution in [0.4, 0.5) is 13.2 Å². The molecule has 2 fully saturated rings. The Hall–Kier alpha value is -1.80. The third kappa shape index (κ3) is 4.93. The summed E-state index contributed by atoms with van der Waals surface area (Å²) < 4.78 is 46.9. The highest BCUT2D eigenvalue weighted by molar-refractivity contribution is 5.77. The molecule has 0 atom stereocenters. The number of hydrogen-bond acceptors (Lipinski definition) is 4. The standard InChI is InChI=1S/C19H25F3N2O3/c1-2-24-17(25)6-9-23(14-18(24)7-10-26-11-8-18)13-15-4-3-5-16(12-15)27-19(20,21)22/h3-5,12H,2,6-11,13-14H2,1H3. The van der Waals surface area contributed by atoms with Gasteiger partial charge in [-0.05, 0) is 37.5 Å². The molecule has 2 aliphatic heterocycles. The van der Waals surface area contributed by atoms with E-state index in [9.17, 15) is 18.0 Å². The summed E-state index contributed by atoms with van der Waals surface area (Å²) in [6, 6.07) is 6.04. The summed E-state index contributed by atoms with van der Waals surface area (Å²) in [5.41, 5.74) is 0.470. The fourth-order valence-electron chi connectivity index (χ4n) is 4.16. The van der Waals surface area contributed by atoms with Gasteiger partial charge in [0.25, 0.3) is 0 Å². The minimum atomic E-state index is -4.71. The predicted molar refractivity (Wildman–Crippen MR) is 93.2 cm³/mol. The number of alkyl halides is 3. The number of carbonyl (C=O) groups excluding carboxylic acids is 1. The van der Waals surface area contributed by atoms with Crippen molar-refractivity contribution >= 4 is 5.91 Å². The van der Waals surface area contributed by atoms with Crippen LogP contribution < -0.4 is 4.74 Å². The SMILES string of the molecule is CCN1C(=O)CCN(Cc2cccc(OC(F)(F)F)c2)CC12CCOCC2. The van der Waals surface area contributed by atoms with E-state index < -0.39 is 6.36 Å². The molecule has 0 aromatic heterocycles. The Morgan fingerprint density at radius 3 is 2.67 bits per heavy atom. The smallest absolute Gasteiger partial charge is 0.406 e. The molecule has 27 heavy (non-hydrogen) atoms. The quantitative estimate of drug-likeness (QED) is 0.797. The van der Waals surface area contributed by atoms with E-state index in [1.165, 1.54) is 12.1 Å². The second kappa shape index (κ2) is 8.06. The molecule has 2 heterocycles. The van der Waals surface area contributed by atoms with Gasteiger partial charge in [-0.15, -0.1) is 13.2 Å². The summed E-state index contributed by atoms with van der Waals surface area (Å²) in [7, 11) is 0. The molecular weight excluding hydrogens is 361 g/mol. The van der Waals surface area contributed by atoms with Gasteiger partial charge in [0.2, 0.25) is 5.91 Å². The van der Waals surface area contributed by atoms with E-state index in [-0.39, 0.29) is 17.2 Å². The second-order valence-corrected chi connectivity index (χ2v) is 7.13. The number of benzene rings is 1. The molecule has 0 radical (unpaired) electrons. The number of halogens is 3. The van der Waals surface area contributed by atoms with E-state index in [0.29, 0.717) is 45.8 Å². The molecule has 0 bridgehead atoms. The Labute approximate surface area is 157 Å². The molecular formula is C19H25F3N2O3. The number of nitrogens with zero attached hydrogens (tertiary/aromatic N) is 2. The average Bonchev–Trinajstić information content (AvgIpc) is 2.71. The van der Waals surface area contributed by atoms with Crippen molar-refractivity contribution in [1.82, 2.24) is 9.80 Å². The summed E-state index contributed by atoms with van der Waals surface area (Å²) in [6.07, 6.45) is -2.74. The van der Waals surface area contributed by atoms with Crippen LogP contribution in [-0.2, 0) is 16.1 Å². The number of carbonyl (C=O) groups is 1. The molecule has 0 saturated carbocycles. The first-order chi connectivity index (χ1) is 12.8. The van der Waals surface area contributed by atoms with Gasteiger partial charge in [0.1, 0.15) is 5.75 Å².